The van der Waals surface area contributed by atoms with E-state index in [4.69, 9.17) is 0 Å². The van der Waals surface area contributed by atoms with Crippen LogP contribution in [-0.2, 0) is 5.41 Å². The molecular formula is C20H25N2+. The zero-order valence-corrected chi connectivity index (χ0v) is 14.4. The number of fused-ring (bicyclic) bond motifs is 2. The molecule has 0 atom stereocenters. The lowest BCUT2D eigenvalue weighted by atomic mass is 9.67. The van der Waals surface area contributed by atoms with Crippen molar-refractivity contribution in [2.45, 2.75) is 19.3 Å². The molecule has 0 saturated heterocycles. The first-order valence-corrected chi connectivity index (χ1v) is 7.79. The van der Waals surface area contributed by atoms with E-state index in [1.54, 1.807) is 0 Å². The molecule has 0 heterocycles. The second kappa shape index (κ2) is 4.98. The summed E-state index contributed by atoms with van der Waals surface area (Å²) in [6.07, 6.45) is 9.09. The van der Waals surface area contributed by atoms with Crippen molar-refractivity contribution < 1.29 is 4.58 Å². The maximum Gasteiger partial charge on any atom is 0.199 e. The molecule has 1 aromatic rings. The summed E-state index contributed by atoms with van der Waals surface area (Å²) < 4.78 is 2.17. The van der Waals surface area contributed by atoms with Gasteiger partial charge in [0.25, 0.3) is 0 Å². The van der Waals surface area contributed by atoms with Crippen LogP contribution < -0.4 is 4.90 Å². The van der Waals surface area contributed by atoms with Gasteiger partial charge in [-0.3, -0.25) is 0 Å². The molecule has 0 fully saturated rings. The highest BCUT2D eigenvalue weighted by atomic mass is 15.1. The van der Waals surface area contributed by atoms with Gasteiger partial charge in [0.05, 0.1) is 0 Å². The quantitative estimate of drug-likeness (QED) is 0.717. The molecule has 0 N–H and O–H groups in total. The summed E-state index contributed by atoms with van der Waals surface area (Å²) in [5.41, 5.74) is 8.00. The predicted molar refractivity (Wildman–Crippen MR) is 96.1 cm³/mol. The van der Waals surface area contributed by atoms with Crippen LogP contribution in [0.1, 0.15) is 25.0 Å². The van der Waals surface area contributed by atoms with Crippen LogP contribution in [0.4, 0.5) is 5.69 Å². The Morgan fingerprint density at radius 1 is 1.00 bits per heavy atom. The fraction of sp³-hybridized carbons (Fsp3) is 0.350. The minimum absolute atomic E-state index is 0.0114. The normalized spacial score (nSPS) is 18.2. The average molecular weight is 293 g/mol. The SMILES string of the molecule is CN(C)c1ccc2c(c1)C(C)(C)C1=CC(=[N+](C)C)C=CC1=C2. The Hall–Kier alpha value is -2.09. The van der Waals surface area contributed by atoms with E-state index in [9.17, 15) is 0 Å². The van der Waals surface area contributed by atoms with Gasteiger partial charge in [0, 0.05) is 37.3 Å². The average Bonchev–Trinajstić information content (AvgIpc) is 2.46. The van der Waals surface area contributed by atoms with Gasteiger partial charge >= 0.3 is 0 Å². The third-order valence-electron chi connectivity index (χ3n) is 4.76. The summed E-state index contributed by atoms with van der Waals surface area (Å²) in [6, 6.07) is 6.77. The lowest BCUT2D eigenvalue weighted by Crippen LogP contribution is -2.28. The van der Waals surface area contributed by atoms with Crippen LogP contribution in [0.25, 0.3) is 6.08 Å². The van der Waals surface area contributed by atoms with Crippen LogP contribution in [0.15, 0.2) is 47.6 Å². The molecule has 0 radical (unpaired) electrons. The van der Waals surface area contributed by atoms with E-state index in [-0.39, 0.29) is 5.41 Å². The molecule has 114 valence electrons. The fourth-order valence-electron chi connectivity index (χ4n) is 3.29. The summed E-state index contributed by atoms with van der Waals surface area (Å²) in [6.45, 7) is 4.66. The molecule has 0 unspecified atom stereocenters. The zero-order valence-electron chi connectivity index (χ0n) is 14.4. The van der Waals surface area contributed by atoms with Gasteiger partial charge in [0.2, 0.25) is 0 Å². The van der Waals surface area contributed by atoms with Crippen LogP contribution in [-0.4, -0.2) is 38.5 Å². The first kappa shape index (κ1) is 14.8. The standard InChI is InChI=1S/C20H25N2/c1-20(2)18-12-16(21(3)4)9-7-14(18)11-15-8-10-17(22(5)6)13-19(15)20/h7-13H,1-6H3/q+1. The number of benzene rings is 1. The van der Waals surface area contributed by atoms with Gasteiger partial charge in [0.1, 0.15) is 14.1 Å². The number of hydrogen-bond acceptors (Lipinski definition) is 1. The number of rotatable bonds is 1. The van der Waals surface area contributed by atoms with Crippen molar-refractivity contribution in [2.75, 3.05) is 33.1 Å². The van der Waals surface area contributed by atoms with E-state index >= 15 is 0 Å². The molecule has 2 nitrogen and oxygen atoms in total. The molecule has 3 rings (SSSR count). The largest absolute Gasteiger partial charge is 0.378 e. The second-order valence-electron chi connectivity index (χ2n) is 7.10. The highest BCUT2D eigenvalue weighted by Gasteiger charge is 2.35. The molecule has 0 aliphatic heterocycles. The maximum absolute atomic E-state index is 2.33. The van der Waals surface area contributed by atoms with E-state index in [0.29, 0.717) is 0 Å². The first-order valence-electron chi connectivity index (χ1n) is 7.79. The zero-order chi connectivity index (χ0) is 16.1. The molecule has 0 aromatic heterocycles. The summed E-state index contributed by atoms with van der Waals surface area (Å²) in [7, 11) is 8.39. The Balaban J connectivity index is 2.22. The Morgan fingerprint density at radius 2 is 1.73 bits per heavy atom. The first-order chi connectivity index (χ1) is 10.3. The van der Waals surface area contributed by atoms with Crippen molar-refractivity contribution in [3.63, 3.8) is 0 Å². The van der Waals surface area contributed by atoms with Crippen LogP contribution in [0.3, 0.4) is 0 Å². The van der Waals surface area contributed by atoms with Gasteiger partial charge in [0.15, 0.2) is 5.71 Å². The van der Waals surface area contributed by atoms with Crippen molar-refractivity contribution in [2.24, 2.45) is 0 Å². The van der Waals surface area contributed by atoms with Crippen molar-refractivity contribution in [1.82, 2.24) is 0 Å². The number of allylic oxidation sites excluding steroid dienone is 5. The van der Waals surface area contributed by atoms with Crippen molar-refractivity contribution in [3.05, 3.63) is 58.7 Å². The Labute approximate surface area is 133 Å². The van der Waals surface area contributed by atoms with E-state index in [1.807, 2.05) is 0 Å². The number of hydrogen-bond donors (Lipinski definition) is 0. The van der Waals surface area contributed by atoms with E-state index in [0.717, 1.165) is 0 Å². The van der Waals surface area contributed by atoms with Gasteiger partial charge in [-0.05, 0) is 46.6 Å². The second-order valence-corrected chi connectivity index (χ2v) is 7.10. The molecule has 0 amide bonds. The van der Waals surface area contributed by atoms with Crippen LogP contribution >= 0.6 is 0 Å². The minimum atomic E-state index is 0.0114. The molecule has 0 saturated carbocycles. The maximum atomic E-state index is 2.33. The Morgan fingerprint density at radius 3 is 2.36 bits per heavy atom. The molecule has 2 heteroatoms. The highest BCUT2D eigenvalue weighted by Crippen LogP contribution is 2.45. The van der Waals surface area contributed by atoms with Crippen molar-refractivity contribution in [1.29, 1.82) is 0 Å². The molecule has 2 aliphatic carbocycles. The monoisotopic (exact) mass is 293 g/mol. The van der Waals surface area contributed by atoms with Crippen LogP contribution in [0.5, 0.6) is 0 Å². The third kappa shape index (κ3) is 2.23. The highest BCUT2D eigenvalue weighted by molar-refractivity contribution is 6.04. The number of nitrogens with zero attached hydrogens (tertiary/aromatic N) is 2. The van der Waals surface area contributed by atoms with Crippen LogP contribution in [0, 0.1) is 0 Å². The van der Waals surface area contributed by atoms with Gasteiger partial charge in [-0.2, -0.15) is 0 Å². The molecule has 2 aliphatic rings. The van der Waals surface area contributed by atoms with E-state index in [2.05, 4.69) is 94.0 Å². The lowest BCUT2D eigenvalue weighted by molar-refractivity contribution is -0.462. The Kier molecular flexibility index (Phi) is 3.36. The van der Waals surface area contributed by atoms with Gasteiger partial charge in [-0.15, -0.1) is 0 Å². The van der Waals surface area contributed by atoms with Crippen LogP contribution in [0.2, 0.25) is 0 Å². The lowest BCUT2D eigenvalue weighted by Gasteiger charge is -2.36. The third-order valence-corrected chi connectivity index (χ3v) is 4.76. The number of anilines is 1. The molecule has 0 bridgehead atoms. The smallest absolute Gasteiger partial charge is 0.199 e. The molecule has 0 spiro atoms. The topological polar surface area (TPSA) is 6.25 Å². The van der Waals surface area contributed by atoms with Crippen molar-refractivity contribution >= 4 is 17.5 Å². The summed E-state index contributed by atoms with van der Waals surface area (Å²) in [5, 5.41) is 0. The van der Waals surface area contributed by atoms with E-state index < -0.39 is 0 Å². The fourth-order valence-corrected chi connectivity index (χ4v) is 3.29. The van der Waals surface area contributed by atoms with Crippen molar-refractivity contribution in [3.8, 4) is 0 Å². The molecular weight excluding hydrogens is 268 g/mol. The van der Waals surface area contributed by atoms with Gasteiger partial charge < -0.3 is 4.90 Å². The van der Waals surface area contributed by atoms with Gasteiger partial charge in [-0.25, -0.2) is 4.58 Å². The summed E-state index contributed by atoms with van der Waals surface area (Å²) in [5.74, 6) is 0. The van der Waals surface area contributed by atoms with Gasteiger partial charge in [-0.1, -0.05) is 19.9 Å². The minimum Gasteiger partial charge on any atom is -0.378 e. The Bertz CT molecular complexity index is 752. The predicted octanol–water partition coefficient (Wildman–Crippen LogP) is 3.64. The molecule has 1 aromatic carbocycles. The summed E-state index contributed by atoms with van der Waals surface area (Å²) >= 11 is 0. The van der Waals surface area contributed by atoms with E-state index in [1.165, 1.54) is 33.7 Å². The molecule has 22 heavy (non-hydrogen) atoms. The summed E-state index contributed by atoms with van der Waals surface area (Å²) in [4.78, 5) is 2.17.